The van der Waals surface area contributed by atoms with Crippen LogP contribution in [0.3, 0.4) is 0 Å². The number of hydroxylamine groups is 1. The summed E-state index contributed by atoms with van der Waals surface area (Å²) in [7, 11) is -1.98. The maximum absolute atomic E-state index is 7.08. The summed E-state index contributed by atoms with van der Waals surface area (Å²) in [4.78, 5) is 0. The second-order valence-corrected chi connectivity index (χ2v) is 11.4. The first-order valence-electron chi connectivity index (χ1n) is 10.9. The molecule has 26 heavy (non-hydrogen) atoms. The highest BCUT2D eigenvalue weighted by atomic mass is 31.2. The molecule has 0 aromatic heterocycles. The van der Waals surface area contributed by atoms with Crippen LogP contribution in [0.1, 0.15) is 64.2 Å². The van der Waals surface area contributed by atoms with E-state index in [4.69, 9.17) is 4.62 Å². The van der Waals surface area contributed by atoms with E-state index in [1.807, 2.05) is 5.17 Å². The fraction of sp³-hybridized carbons (Fsp3) is 1.00. The van der Waals surface area contributed by atoms with Crippen LogP contribution >= 0.6 is 7.94 Å². The van der Waals surface area contributed by atoms with Crippen molar-refractivity contribution in [1.29, 1.82) is 0 Å². The Hall–Kier alpha value is -0.330. The fourth-order valence-corrected chi connectivity index (χ4v) is 9.60. The average molecular weight is 381 g/mol. The van der Waals surface area contributed by atoms with Crippen LogP contribution in [-0.2, 0) is 4.62 Å². The summed E-state index contributed by atoms with van der Waals surface area (Å²) in [5.41, 5.74) is 0. The second-order valence-electron chi connectivity index (χ2n) is 8.50. The molecular formula is C18H34N6OP+. The zero-order valence-corrected chi connectivity index (χ0v) is 16.9. The van der Waals surface area contributed by atoms with Crippen LogP contribution in [0.5, 0.6) is 0 Å². The summed E-state index contributed by atoms with van der Waals surface area (Å²) in [6, 6.07) is 0.734. The van der Waals surface area contributed by atoms with E-state index in [-0.39, 0.29) is 0 Å². The molecule has 0 radical (unpaired) electrons. The highest BCUT2D eigenvalue weighted by Crippen LogP contribution is 2.71. The first-order valence-corrected chi connectivity index (χ1v) is 12.5. The van der Waals surface area contributed by atoms with Gasteiger partial charge in [-0.25, -0.2) is 0 Å². The van der Waals surface area contributed by atoms with Crippen molar-refractivity contribution >= 4 is 7.94 Å². The maximum Gasteiger partial charge on any atom is 0.405 e. The molecule has 7 nitrogen and oxygen atoms in total. The van der Waals surface area contributed by atoms with Crippen molar-refractivity contribution in [3.8, 4) is 0 Å². The first kappa shape index (κ1) is 17.7. The molecule has 3 saturated heterocycles. The van der Waals surface area contributed by atoms with Gasteiger partial charge in [-0.1, -0.05) is 12.8 Å². The predicted molar refractivity (Wildman–Crippen MR) is 103 cm³/mol. The largest absolute Gasteiger partial charge is 0.405 e. The molecule has 0 N–H and O–H groups in total. The fourth-order valence-electron chi connectivity index (χ4n) is 5.43. The first-order chi connectivity index (χ1) is 12.9. The number of hydrogen-bond acceptors (Lipinski definition) is 7. The summed E-state index contributed by atoms with van der Waals surface area (Å²) in [6.07, 6.45) is 12.8. The van der Waals surface area contributed by atoms with Crippen molar-refractivity contribution in [1.82, 2.24) is 19.2 Å². The van der Waals surface area contributed by atoms with Crippen molar-refractivity contribution in [2.75, 3.05) is 39.3 Å². The Labute approximate surface area is 158 Å². The Morgan fingerprint density at radius 2 is 1.15 bits per heavy atom. The van der Waals surface area contributed by atoms with Crippen molar-refractivity contribution in [2.45, 2.75) is 76.3 Å². The summed E-state index contributed by atoms with van der Waals surface area (Å²) in [5, 5.41) is 11.1. The molecule has 0 aromatic carbocycles. The van der Waals surface area contributed by atoms with Gasteiger partial charge in [0.05, 0.1) is 6.04 Å². The van der Waals surface area contributed by atoms with Crippen molar-refractivity contribution in [3.63, 3.8) is 0 Å². The number of fused-ring (bicyclic) bond motifs is 1. The number of rotatable bonds is 5. The van der Waals surface area contributed by atoms with Crippen LogP contribution in [0.2, 0.25) is 0 Å². The Kier molecular flexibility index (Phi) is 5.18. The van der Waals surface area contributed by atoms with Crippen LogP contribution in [0.25, 0.3) is 0 Å². The summed E-state index contributed by atoms with van der Waals surface area (Å²) in [5.74, 6) is 0. The Balaban J connectivity index is 1.46. The molecule has 0 amide bonds. The summed E-state index contributed by atoms with van der Waals surface area (Å²) < 4.78 is 15.2. The smallest absolute Gasteiger partial charge is 0.163 e. The number of hydrogen-bond donors (Lipinski definition) is 0. The van der Waals surface area contributed by atoms with Crippen LogP contribution < -0.4 is 0 Å². The lowest BCUT2D eigenvalue weighted by Crippen LogP contribution is -2.48. The zero-order chi connectivity index (χ0) is 17.4. The highest BCUT2D eigenvalue weighted by Gasteiger charge is 2.64. The molecule has 5 aliphatic rings. The van der Waals surface area contributed by atoms with Gasteiger partial charge >= 0.3 is 7.94 Å². The van der Waals surface area contributed by atoms with E-state index in [1.54, 1.807) is 0 Å². The molecule has 1 saturated carbocycles. The lowest BCUT2D eigenvalue weighted by molar-refractivity contribution is -0.107. The standard InChI is InChI=1S/C18H34N6OP/c1-2-10-18-17(9-1)19-20-24(18)25-26(21-11-3-4-12-21,22-13-5-6-14-22)23-15-7-8-16-23/h17-18H,1-16H2/q+1. The quantitative estimate of drug-likeness (QED) is 0.677. The second kappa shape index (κ2) is 7.59. The van der Waals surface area contributed by atoms with Crippen molar-refractivity contribution in [3.05, 3.63) is 0 Å². The normalized spacial score (nSPS) is 34.2. The SMILES string of the molecule is C1CCC2C(C1)N=NN2O[P+](N1CCCC1)(N1CCCC1)N1CCCC1. The Morgan fingerprint density at radius 3 is 1.69 bits per heavy atom. The molecule has 2 atom stereocenters. The van der Waals surface area contributed by atoms with Crippen LogP contribution in [0.15, 0.2) is 10.3 Å². The van der Waals surface area contributed by atoms with E-state index in [2.05, 4.69) is 24.3 Å². The van der Waals surface area contributed by atoms with Gasteiger partial charge in [-0.05, 0) is 61.2 Å². The van der Waals surface area contributed by atoms with E-state index in [0.717, 1.165) is 0 Å². The third kappa shape index (κ3) is 3.00. The van der Waals surface area contributed by atoms with Gasteiger partial charge in [-0.15, -0.1) is 19.2 Å². The molecular weight excluding hydrogens is 347 g/mol. The van der Waals surface area contributed by atoms with Gasteiger partial charge in [0.1, 0.15) is 6.04 Å². The molecule has 4 aliphatic heterocycles. The van der Waals surface area contributed by atoms with Gasteiger partial charge in [0, 0.05) is 39.3 Å². The summed E-state index contributed by atoms with van der Waals surface area (Å²) >= 11 is 0. The average Bonchev–Trinajstić information content (AvgIpc) is 3.49. The van der Waals surface area contributed by atoms with Crippen LogP contribution in [-0.4, -0.2) is 70.5 Å². The topological polar surface area (TPSA) is 46.9 Å². The summed E-state index contributed by atoms with van der Waals surface area (Å²) in [6.45, 7) is 7.08. The minimum absolute atomic E-state index is 0.362. The third-order valence-corrected chi connectivity index (χ3v) is 10.6. The zero-order valence-electron chi connectivity index (χ0n) is 16.0. The minimum Gasteiger partial charge on any atom is -0.163 e. The molecule has 0 spiro atoms. The van der Waals surface area contributed by atoms with Crippen molar-refractivity contribution in [2.24, 2.45) is 10.3 Å². The van der Waals surface area contributed by atoms with Gasteiger partial charge in [0.15, 0.2) is 0 Å². The molecule has 8 heteroatoms. The van der Waals surface area contributed by atoms with Gasteiger partial charge in [-0.2, -0.15) is 5.11 Å². The highest BCUT2D eigenvalue weighted by molar-refractivity contribution is 7.64. The minimum atomic E-state index is -1.98. The van der Waals surface area contributed by atoms with Gasteiger partial charge < -0.3 is 0 Å². The van der Waals surface area contributed by atoms with E-state index in [0.29, 0.717) is 12.1 Å². The number of nitrogens with zero attached hydrogens (tertiary/aromatic N) is 6. The molecule has 5 rings (SSSR count). The van der Waals surface area contributed by atoms with E-state index < -0.39 is 7.94 Å². The molecule has 146 valence electrons. The molecule has 0 bridgehead atoms. The molecule has 4 fully saturated rings. The third-order valence-electron chi connectivity index (χ3n) is 6.81. The van der Waals surface area contributed by atoms with Crippen molar-refractivity contribution < 1.29 is 4.62 Å². The van der Waals surface area contributed by atoms with Crippen LogP contribution in [0, 0.1) is 0 Å². The maximum atomic E-state index is 7.08. The molecule has 1 aliphatic carbocycles. The molecule has 2 unspecified atom stereocenters. The van der Waals surface area contributed by atoms with E-state index in [9.17, 15) is 0 Å². The lowest BCUT2D eigenvalue weighted by atomic mass is 9.92. The molecule has 4 heterocycles. The Bertz CT molecular complexity index is 475. The van der Waals surface area contributed by atoms with Gasteiger partial charge in [-0.3, -0.25) is 0 Å². The monoisotopic (exact) mass is 381 g/mol. The predicted octanol–water partition coefficient (Wildman–Crippen LogP) is 3.88. The van der Waals surface area contributed by atoms with Gasteiger partial charge in [0.2, 0.25) is 0 Å². The van der Waals surface area contributed by atoms with E-state index in [1.165, 1.54) is 103 Å². The van der Waals surface area contributed by atoms with E-state index >= 15 is 0 Å². The van der Waals surface area contributed by atoms with Gasteiger partial charge in [0.25, 0.3) is 0 Å². The Morgan fingerprint density at radius 1 is 0.654 bits per heavy atom. The molecule has 0 aromatic rings. The lowest BCUT2D eigenvalue weighted by Gasteiger charge is -2.42. The van der Waals surface area contributed by atoms with Crippen LogP contribution in [0.4, 0.5) is 0 Å².